The predicted octanol–water partition coefficient (Wildman–Crippen LogP) is 6.19. The molecule has 1 aromatic heterocycles. The molecular weight excluding hydrogens is 423 g/mol. The topological polar surface area (TPSA) is 33.2 Å². The summed E-state index contributed by atoms with van der Waals surface area (Å²) in [6.07, 6.45) is 1.76. The Labute approximate surface area is 194 Å². The molecule has 1 heterocycles. The fraction of sp³-hybridized carbons (Fsp3) is 0. The van der Waals surface area contributed by atoms with Gasteiger partial charge >= 0.3 is 0 Å². The first-order valence-electron chi connectivity index (χ1n) is 10.8. The molecular formula is C29H23N2OP. The van der Waals surface area contributed by atoms with Crippen LogP contribution in [-0.2, 0) is 4.57 Å². The van der Waals surface area contributed by atoms with Crippen molar-refractivity contribution in [3.8, 4) is 0 Å². The highest BCUT2D eigenvalue weighted by Gasteiger charge is 2.30. The van der Waals surface area contributed by atoms with Gasteiger partial charge in [0.25, 0.3) is 0 Å². The van der Waals surface area contributed by atoms with Gasteiger partial charge in [0.15, 0.2) is 7.14 Å². The van der Waals surface area contributed by atoms with E-state index >= 15 is 0 Å². The highest BCUT2D eigenvalue weighted by Crippen LogP contribution is 2.42. The lowest BCUT2D eigenvalue weighted by Gasteiger charge is -2.25. The van der Waals surface area contributed by atoms with Gasteiger partial charge in [0.2, 0.25) is 0 Å². The Morgan fingerprint density at radius 2 is 0.909 bits per heavy atom. The SMILES string of the molecule is O=P(c1ccccc1)(c1ccccc1)c1ccc(N(c2ccccc2)c2ccccc2)nc1. The number of nitrogens with zero attached hydrogens (tertiary/aromatic N) is 2. The molecule has 3 nitrogen and oxygen atoms in total. The van der Waals surface area contributed by atoms with Crippen LogP contribution in [0.1, 0.15) is 0 Å². The van der Waals surface area contributed by atoms with Crippen molar-refractivity contribution in [3.63, 3.8) is 0 Å². The van der Waals surface area contributed by atoms with E-state index in [4.69, 9.17) is 4.98 Å². The zero-order valence-corrected chi connectivity index (χ0v) is 18.9. The number of anilines is 3. The average Bonchev–Trinajstić information content (AvgIpc) is 2.91. The molecule has 0 spiro atoms. The summed E-state index contributed by atoms with van der Waals surface area (Å²) in [6.45, 7) is 0. The van der Waals surface area contributed by atoms with Crippen LogP contribution in [0, 0.1) is 0 Å². The van der Waals surface area contributed by atoms with Crippen LogP contribution < -0.4 is 20.8 Å². The van der Waals surface area contributed by atoms with Crippen LogP contribution in [0.25, 0.3) is 0 Å². The molecule has 160 valence electrons. The first-order chi connectivity index (χ1) is 16.3. The summed E-state index contributed by atoms with van der Waals surface area (Å²) in [7, 11) is -3.05. The van der Waals surface area contributed by atoms with Crippen molar-refractivity contribution in [3.05, 3.63) is 140 Å². The van der Waals surface area contributed by atoms with E-state index in [1.165, 1.54) is 0 Å². The smallest absolute Gasteiger partial charge is 0.172 e. The summed E-state index contributed by atoms with van der Waals surface area (Å²) < 4.78 is 14.6. The van der Waals surface area contributed by atoms with E-state index in [0.717, 1.165) is 27.8 Å². The van der Waals surface area contributed by atoms with Crippen LogP contribution in [0.4, 0.5) is 17.2 Å². The van der Waals surface area contributed by atoms with Gasteiger partial charge in [0.05, 0.1) is 0 Å². The minimum atomic E-state index is -3.05. The van der Waals surface area contributed by atoms with E-state index in [1.807, 2.05) is 109 Å². The highest BCUT2D eigenvalue weighted by molar-refractivity contribution is 7.85. The Bertz CT molecular complexity index is 1270. The molecule has 0 aliphatic rings. The largest absolute Gasteiger partial charge is 0.309 e. The molecule has 0 amide bonds. The van der Waals surface area contributed by atoms with Gasteiger partial charge in [-0.05, 0) is 36.4 Å². The second-order valence-corrected chi connectivity index (χ2v) is 10.4. The van der Waals surface area contributed by atoms with Crippen LogP contribution in [0.3, 0.4) is 0 Å². The number of hydrogen-bond acceptors (Lipinski definition) is 3. The Kier molecular flexibility index (Phi) is 5.89. The fourth-order valence-corrected chi connectivity index (χ4v) is 6.57. The number of pyridine rings is 1. The minimum Gasteiger partial charge on any atom is -0.309 e. The second kappa shape index (κ2) is 9.28. The Hall–Kier alpha value is -3.94. The minimum absolute atomic E-state index is 0.713. The number of rotatable bonds is 6. The van der Waals surface area contributed by atoms with Crippen LogP contribution in [0.15, 0.2) is 140 Å². The van der Waals surface area contributed by atoms with Gasteiger partial charge in [-0.25, -0.2) is 4.98 Å². The summed E-state index contributed by atoms with van der Waals surface area (Å²) in [6, 6.07) is 43.5. The molecule has 5 rings (SSSR count). The number of benzene rings is 4. The first kappa shape index (κ1) is 20.9. The first-order valence-corrected chi connectivity index (χ1v) is 12.6. The highest BCUT2D eigenvalue weighted by atomic mass is 31.2. The molecule has 0 saturated carbocycles. The monoisotopic (exact) mass is 446 g/mol. The molecule has 0 atom stereocenters. The van der Waals surface area contributed by atoms with Crippen molar-refractivity contribution in [2.45, 2.75) is 0 Å². The lowest BCUT2D eigenvalue weighted by atomic mass is 10.2. The normalized spacial score (nSPS) is 11.2. The molecule has 0 radical (unpaired) electrons. The molecule has 4 heteroatoms. The van der Waals surface area contributed by atoms with Crippen molar-refractivity contribution in [2.75, 3.05) is 4.90 Å². The Balaban J connectivity index is 1.62. The molecule has 0 bridgehead atoms. The van der Waals surface area contributed by atoms with Gasteiger partial charge in [0, 0.05) is 33.5 Å². The number of para-hydroxylation sites is 2. The molecule has 0 aliphatic heterocycles. The van der Waals surface area contributed by atoms with Crippen LogP contribution >= 0.6 is 7.14 Å². The van der Waals surface area contributed by atoms with Gasteiger partial charge in [-0.15, -0.1) is 0 Å². The Morgan fingerprint density at radius 3 is 1.30 bits per heavy atom. The van der Waals surface area contributed by atoms with Crippen LogP contribution in [0.2, 0.25) is 0 Å². The van der Waals surface area contributed by atoms with E-state index < -0.39 is 7.14 Å². The molecule has 5 aromatic rings. The maximum absolute atomic E-state index is 14.6. The van der Waals surface area contributed by atoms with Crippen molar-refractivity contribution in [2.24, 2.45) is 0 Å². The van der Waals surface area contributed by atoms with Crippen LogP contribution in [-0.4, -0.2) is 4.98 Å². The summed E-state index contributed by atoms with van der Waals surface area (Å²) in [5.41, 5.74) is 2.02. The summed E-state index contributed by atoms with van der Waals surface area (Å²) in [4.78, 5) is 6.90. The molecule has 0 saturated heterocycles. The van der Waals surface area contributed by atoms with E-state index in [-0.39, 0.29) is 0 Å². The second-order valence-electron chi connectivity index (χ2n) is 7.66. The lowest BCUT2D eigenvalue weighted by Crippen LogP contribution is -2.25. The number of aromatic nitrogens is 1. The third-order valence-electron chi connectivity index (χ3n) is 5.59. The third-order valence-corrected chi connectivity index (χ3v) is 8.64. The molecule has 0 fully saturated rings. The van der Waals surface area contributed by atoms with Gasteiger partial charge < -0.3 is 4.57 Å². The van der Waals surface area contributed by atoms with Crippen LogP contribution in [0.5, 0.6) is 0 Å². The van der Waals surface area contributed by atoms with E-state index in [1.54, 1.807) is 6.20 Å². The number of hydrogen-bond donors (Lipinski definition) is 0. The summed E-state index contributed by atoms with van der Waals surface area (Å²) in [5, 5.41) is 2.31. The van der Waals surface area contributed by atoms with Crippen molar-refractivity contribution >= 4 is 40.2 Å². The molecule has 0 aliphatic carbocycles. The molecule has 0 N–H and O–H groups in total. The predicted molar refractivity (Wildman–Crippen MR) is 138 cm³/mol. The van der Waals surface area contributed by atoms with Gasteiger partial charge in [-0.1, -0.05) is 97.1 Å². The standard InChI is InChI=1S/C29H23N2OP/c32-33(26-17-9-3-10-18-26,27-19-11-4-12-20-27)28-21-22-29(30-23-28)31(24-13-5-1-6-14-24)25-15-7-2-8-16-25/h1-23H. The zero-order chi connectivity index (χ0) is 22.5. The lowest BCUT2D eigenvalue weighted by molar-refractivity contribution is 0.592. The van der Waals surface area contributed by atoms with E-state index in [9.17, 15) is 4.57 Å². The van der Waals surface area contributed by atoms with Crippen molar-refractivity contribution < 1.29 is 4.57 Å². The van der Waals surface area contributed by atoms with Crippen molar-refractivity contribution in [1.29, 1.82) is 0 Å². The van der Waals surface area contributed by atoms with Gasteiger partial charge in [-0.3, -0.25) is 4.90 Å². The molecule has 0 unspecified atom stereocenters. The average molecular weight is 446 g/mol. The summed E-state index contributed by atoms with van der Waals surface area (Å²) >= 11 is 0. The van der Waals surface area contributed by atoms with Crippen molar-refractivity contribution in [1.82, 2.24) is 4.98 Å². The maximum atomic E-state index is 14.6. The quantitative estimate of drug-likeness (QED) is 0.292. The zero-order valence-electron chi connectivity index (χ0n) is 18.0. The fourth-order valence-electron chi connectivity index (χ4n) is 3.99. The van der Waals surface area contributed by atoms with E-state index in [0.29, 0.717) is 5.30 Å². The Morgan fingerprint density at radius 1 is 0.485 bits per heavy atom. The van der Waals surface area contributed by atoms with Gasteiger partial charge in [0.1, 0.15) is 5.82 Å². The molecule has 4 aromatic carbocycles. The third kappa shape index (κ3) is 4.11. The maximum Gasteiger partial charge on any atom is 0.172 e. The van der Waals surface area contributed by atoms with E-state index in [2.05, 4.69) is 29.2 Å². The summed E-state index contributed by atoms with van der Waals surface area (Å²) in [5.74, 6) is 0.767. The molecule has 33 heavy (non-hydrogen) atoms. The van der Waals surface area contributed by atoms with Gasteiger partial charge in [-0.2, -0.15) is 0 Å².